The second kappa shape index (κ2) is 10.4. The Kier molecular flexibility index (Phi) is 9.83. The monoisotopic (exact) mass is 499 g/mol. The van der Waals surface area contributed by atoms with E-state index in [0.29, 0.717) is 0 Å². The lowest BCUT2D eigenvalue weighted by atomic mass is 9.87. The normalized spacial score (nSPS) is 14.9. The number of rotatable bonds is 11. The van der Waals surface area contributed by atoms with Crippen LogP contribution in [0.3, 0.4) is 0 Å². The van der Waals surface area contributed by atoms with Gasteiger partial charge in [0.05, 0.1) is 11.7 Å². The van der Waals surface area contributed by atoms with Crippen molar-refractivity contribution in [3.63, 3.8) is 0 Å². The van der Waals surface area contributed by atoms with Crippen LogP contribution in [-0.2, 0) is 19.6 Å². The molecular weight excluding hydrogens is 480 g/mol. The fourth-order valence-corrected chi connectivity index (χ4v) is 3.25. The van der Waals surface area contributed by atoms with Crippen LogP contribution in [0.2, 0.25) is 0 Å². The van der Waals surface area contributed by atoms with E-state index in [-0.39, 0.29) is 5.57 Å². The first-order chi connectivity index (χ1) is 13.6. The number of alkyl halides is 10. The zero-order valence-electron chi connectivity index (χ0n) is 15.8. The van der Waals surface area contributed by atoms with Crippen LogP contribution >= 0.6 is 0 Å². The Bertz CT molecular complexity index is 714. The number of halogens is 10. The first kappa shape index (κ1) is 29.4. The number of ether oxygens (including phenoxy) is 1. The van der Waals surface area contributed by atoms with Gasteiger partial charge >= 0.3 is 24.5 Å². The number of esters is 1. The summed E-state index contributed by atoms with van der Waals surface area (Å²) in [5.41, 5.74) is -6.12. The third-order valence-corrected chi connectivity index (χ3v) is 5.33. The van der Waals surface area contributed by atoms with E-state index >= 15 is 0 Å². The van der Waals surface area contributed by atoms with E-state index in [1.165, 1.54) is 6.92 Å². The highest BCUT2D eigenvalue weighted by Gasteiger charge is 2.73. The van der Waals surface area contributed by atoms with E-state index in [2.05, 4.69) is 11.3 Å². The molecule has 0 bridgehead atoms. The van der Waals surface area contributed by atoms with Crippen molar-refractivity contribution in [1.29, 1.82) is 0 Å². The second-order valence-electron chi connectivity index (χ2n) is 6.51. The highest BCUT2D eigenvalue weighted by molar-refractivity contribution is 7.89. The van der Waals surface area contributed by atoms with E-state index in [1.54, 1.807) is 0 Å². The predicted molar refractivity (Wildman–Crippen MR) is 86.9 cm³/mol. The minimum absolute atomic E-state index is 0.00250. The SMILES string of the molecule is C=C(C)C(=O)OCCNS(=O)(=O)CCCC(CC(F)(C(F)(F)F)C(F)(F)F)C(F)(F)F. The lowest BCUT2D eigenvalue weighted by Gasteiger charge is -2.33. The van der Waals surface area contributed by atoms with Crippen molar-refractivity contribution in [2.45, 2.75) is 50.4 Å². The average Bonchev–Trinajstić information content (AvgIpc) is 2.54. The van der Waals surface area contributed by atoms with Crippen molar-refractivity contribution < 1.29 is 61.9 Å². The average molecular weight is 499 g/mol. The minimum atomic E-state index is -6.66. The largest absolute Gasteiger partial charge is 0.461 e. The Morgan fingerprint density at radius 1 is 1.00 bits per heavy atom. The summed E-state index contributed by atoms with van der Waals surface area (Å²) >= 11 is 0. The Labute approximate surface area is 170 Å². The number of nitrogens with one attached hydrogen (secondary N) is 1. The van der Waals surface area contributed by atoms with E-state index in [4.69, 9.17) is 0 Å². The van der Waals surface area contributed by atoms with Crippen molar-refractivity contribution in [3.8, 4) is 0 Å². The quantitative estimate of drug-likeness (QED) is 0.200. The second-order valence-corrected chi connectivity index (χ2v) is 8.44. The van der Waals surface area contributed by atoms with E-state index in [0.717, 1.165) is 0 Å². The summed E-state index contributed by atoms with van der Waals surface area (Å²) in [5.74, 6) is -5.37. The fourth-order valence-electron chi connectivity index (χ4n) is 2.17. The summed E-state index contributed by atoms with van der Waals surface area (Å²) in [6, 6.07) is 0. The molecule has 0 aromatic heterocycles. The number of carbonyl (C=O) groups excluding carboxylic acids is 1. The molecule has 1 unspecified atom stereocenters. The van der Waals surface area contributed by atoms with Crippen LogP contribution in [0.15, 0.2) is 12.2 Å². The lowest BCUT2D eigenvalue weighted by Crippen LogP contribution is -2.55. The van der Waals surface area contributed by atoms with Crippen molar-refractivity contribution in [3.05, 3.63) is 12.2 Å². The molecule has 0 spiro atoms. The molecular formula is C15H19F10NO4S. The van der Waals surface area contributed by atoms with Gasteiger partial charge in [-0.05, 0) is 19.8 Å². The minimum Gasteiger partial charge on any atom is -0.461 e. The Morgan fingerprint density at radius 3 is 1.87 bits per heavy atom. The van der Waals surface area contributed by atoms with E-state index in [9.17, 15) is 57.1 Å². The molecule has 31 heavy (non-hydrogen) atoms. The summed E-state index contributed by atoms with van der Waals surface area (Å²) in [6.45, 7) is 3.57. The highest BCUT2D eigenvalue weighted by Crippen LogP contribution is 2.52. The summed E-state index contributed by atoms with van der Waals surface area (Å²) in [6.07, 6.45) is -24.5. The first-order valence-electron chi connectivity index (χ1n) is 8.33. The zero-order valence-corrected chi connectivity index (χ0v) is 16.7. The molecule has 0 aliphatic heterocycles. The molecule has 0 fully saturated rings. The van der Waals surface area contributed by atoms with Crippen LogP contribution in [0.25, 0.3) is 0 Å². The van der Waals surface area contributed by atoms with Crippen molar-refractivity contribution in [2.75, 3.05) is 18.9 Å². The molecule has 0 amide bonds. The van der Waals surface area contributed by atoms with Crippen LogP contribution in [0, 0.1) is 5.92 Å². The molecule has 0 radical (unpaired) electrons. The van der Waals surface area contributed by atoms with Gasteiger partial charge in [0.2, 0.25) is 10.0 Å². The molecule has 0 rings (SSSR count). The Morgan fingerprint density at radius 2 is 1.48 bits per heavy atom. The molecule has 0 aromatic rings. The number of sulfonamides is 1. The summed E-state index contributed by atoms with van der Waals surface area (Å²) in [4.78, 5) is 11.1. The van der Waals surface area contributed by atoms with Gasteiger partial charge in [-0.15, -0.1) is 0 Å². The van der Waals surface area contributed by atoms with Gasteiger partial charge in [0.25, 0.3) is 5.67 Å². The molecule has 184 valence electrons. The molecule has 0 saturated carbocycles. The molecule has 5 nitrogen and oxygen atoms in total. The van der Waals surface area contributed by atoms with Crippen molar-refractivity contribution in [2.24, 2.45) is 5.92 Å². The number of carbonyl (C=O) groups is 1. The molecule has 0 heterocycles. The standard InChI is InChI=1S/C15H19F10NO4S/c1-9(2)11(27)30-6-5-26-31(28,29)7-3-4-10(13(17,18)19)8-12(16,14(20,21)22)15(23,24)25/h10,26H,1,3-8H2,2H3. The van der Waals surface area contributed by atoms with E-state index < -0.39 is 84.3 Å². The van der Waals surface area contributed by atoms with Crippen LogP contribution in [0.4, 0.5) is 43.9 Å². The predicted octanol–water partition coefficient (Wildman–Crippen LogP) is 4.21. The zero-order chi connectivity index (χ0) is 24.9. The van der Waals surface area contributed by atoms with Crippen molar-refractivity contribution in [1.82, 2.24) is 4.72 Å². The number of hydrogen-bond donors (Lipinski definition) is 1. The first-order valence-corrected chi connectivity index (χ1v) is 9.98. The van der Waals surface area contributed by atoms with Crippen LogP contribution in [-0.4, -0.2) is 57.5 Å². The Balaban J connectivity index is 5.04. The molecule has 0 aromatic carbocycles. The molecule has 16 heteroatoms. The third kappa shape index (κ3) is 9.21. The summed E-state index contributed by atoms with van der Waals surface area (Å²) < 4.78 is 157. The topological polar surface area (TPSA) is 72.5 Å². The van der Waals surface area contributed by atoms with Crippen LogP contribution < -0.4 is 4.72 Å². The van der Waals surface area contributed by atoms with Gasteiger partial charge in [0.15, 0.2) is 0 Å². The summed E-state index contributed by atoms with van der Waals surface area (Å²) in [5, 5.41) is 0. The van der Waals surface area contributed by atoms with Gasteiger partial charge in [-0.3, -0.25) is 0 Å². The molecule has 0 aliphatic rings. The van der Waals surface area contributed by atoms with Gasteiger partial charge < -0.3 is 4.74 Å². The third-order valence-electron chi connectivity index (χ3n) is 3.86. The Hall–Kier alpha value is -1.58. The van der Waals surface area contributed by atoms with E-state index in [1.807, 2.05) is 4.72 Å². The maximum absolute atomic E-state index is 13.6. The maximum atomic E-state index is 13.6. The van der Waals surface area contributed by atoms with Gasteiger partial charge in [0.1, 0.15) is 6.61 Å². The summed E-state index contributed by atoms with van der Waals surface area (Å²) in [7, 11) is -4.31. The van der Waals surface area contributed by atoms with Crippen LogP contribution in [0.1, 0.15) is 26.2 Å². The van der Waals surface area contributed by atoms with Gasteiger partial charge in [-0.2, -0.15) is 39.5 Å². The molecule has 0 aliphatic carbocycles. The fraction of sp³-hybridized carbons (Fsp3) is 0.800. The van der Waals surface area contributed by atoms with Gasteiger partial charge in [0, 0.05) is 18.5 Å². The van der Waals surface area contributed by atoms with Crippen LogP contribution in [0.5, 0.6) is 0 Å². The van der Waals surface area contributed by atoms with Gasteiger partial charge in [-0.1, -0.05) is 6.58 Å². The van der Waals surface area contributed by atoms with Gasteiger partial charge in [-0.25, -0.2) is 22.3 Å². The number of hydrogen-bond acceptors (Lipinski definition) is 4. The smallest absolute Gasteiger partial charge is 0.431 e. The molecule has 0 saturated heterocycles. The molecule has 1 N–H and O–H groups in total. The highest BCUT2D eigenvalue weighted by atomic mass is 32.2. The molecule has 1 atom stereocenters. The van der Waals surface area contributed by atoms with Crippen molar-refractivity contribution >= 4 is 16.0 Å². The maximum Gasteiger partial charge on any atom is 0.431 e. The lowest BCUT2D eigenvalue weighted by molar-refractivity contribution is -0.352.